The van der Waals surface area contributed by atoms with E-state index in [0.29, 0.717) is 11.4 Å². The summed E-state index contributed by atoms with van der Waals surface area (Å²) in [7, 11) is 2.61. The number of nitriles is 2. The number of methoxy groups -OCH3 is 2. The molecule has 0 saturated heterocycles. The number of ether oxygens (including phenoxy) is 2. The van der Waals surface area contributed by atoms with E-state index in [2.05, 4.69) is 5.32 Å². The number of nitrogens with zero attached hydrogens (tertiary/aromatic N) is 2. The first-order valence-corrected chi connectivity index (χ1v) is 6.37. The third kappa shape index (κ3) is 2.85. The molecule has 0 spiro atoms. The Morgan fingerprint density at radius 1 is 1.00 bits per heavy atom. The van der Waals surface area contributed by atoms with Crippen molar-refractivity contribution < 1.29 is 18.3 Å². The molecular formula is C16H11F2N3O2. The van der Waals surface area contributed by atoms with Crippen LogP contribution in [0, 0.1) is 34.3 Å². The van der Waals surface area contributed by atoms with Crippen LogP contribution in [0.3, 0.4) is 0 Å². The lowest BCUT2D eigenvalue weighted by atomic mass is 10.1. The Morgan fingerprint density at radius 3 is 2.22 bits per heavy atom. The van der Waals surface area contributed by atoms with Gasteiger partial charge >= 0.3 is 0 Å². The topological polar surface area (TPSA) is 78.1 Å². The lowest BCUT2D eigenvalue weighted by Gasteiger charge is -2.15. The summed E-state index contributed by atoms with van der Waals surface area (Å²) in [6.45, 7) is 0. The highest BCUT2D eigenvalue weighted by Crippen LogP contribution is 2.38. The van der Waals surface area contributed by atoms with E-state index in [1.807, 2.05) is 0 Å². The van der Waals surface area contributed by atoms with Crippen LogP contribution < -0.4 is 14.8 Å². The maximum absolute atomic E-state index is 14.5. The van der Waals surface area contributed by atoms with E-state index >= 15 is 0 Å². The third-order valence-electron chi connectivity index (χ3n) is 3.10. The predicted molar refractivity (Wildman–Crippen MR) is 78.6 cm³/mol. The van der Waals surface area contributed by atoms with E-state index in [1.165, 1.54) is 19.2 Å². The predicted octanol–water partition coefficient (Wildman–Crippen LogP) is 3.47. The molecule has 0 saturated carbocycles. The summed E-state index contributed by atoms with van der Waals surface area (Å²) in [4.78, 5) is 0. The van der Waals surface area contributed by atoms with Gasteiger partial charge in [-0.2, -0.15) is 10.5 Å². The fraction of sp³-hybridized carbons (Fsp3) is 0.125. The summed E-state index contributed by atoms with van der Waals surface area (Å²) in [6, 6.07) is 9.46. The van der Waals surface area contributed by atoms with Crippen molar-refractivity contribution in [3.63, 3.8) is 0 Å². The molecular weight excluding hydrogens is 304 g/mol. The molecule has 0 aliphatic heterocycles. The summed E-state index contributed by atoms with van der Waals surface area (Å²) in [5.74, 6) is -2.15. The fourth-order valence-corrected chi connectivity index (χ4v) is 2.03. The van der Waals surface area contributed by atoms with Crippen LogP contribution in [-0.2, 0) is 0 Å². The van der Waals surface area contributed by atoms with Gasteiger partial charge in [0.2, 0.25) is 0 Å². The summed E-state index contributed by atoms with van der Waals surface area (Å²) in [5.41, 5.74) is -1.35. The monoisotopic (exact) mass is 315 g/mol. The van der Waals surface area contributed by atoms with Crippen LogP contribution in [-0.4, -0.2) is 14.2 Å². The van der Waals surface area contributed by atoms with Gasteiger partial charge in [0.05, 0.1) is 14.2 Å². The van der Waals surface area contributed by atoms with Crippen LogP contribution >= 0.6 is 0 Å². The molecule has 0 radical (unpaired) electrons. The van der Waals surface area contributed by atoms with Crippen molar-refractivity contribution in [1.29, 1.82) is 10.5 Å². The Hall–Kier alpha value is -3.32. The molecule has 116 valence electrons. The Bertz CT molecular complexity index is 835. The molecule has 0 bridgehead atoms. The lowest BCUT2D eigenvalue weighted by molar-refractivity contribution is 0.384. The molecule has 5 nitrogen and oxygen atoms in total. The zero-order chi connectivity index (χ0) is 17.0. The largest absolute Gasteiger partial charge is 0.497 e. The Labute approximate surface area is 131 Å². The number of rotatable bonds is 4. The van der Waals surface area contributed by atoms with Crippen LogP contribution in [0.5, 0.6) is 11.5 Å². The van der Waals surface area contributed by atoms with Crippen molar-refractivity contribution in [3.8, 4) is 23.6 Å². The van der Waals surface area contributed by atoms with E-state index in [9.17, 15) is 8.78 Å². The van der Waals surface area contributed by atoms with Crippen LogP contribution in [0.1, 0.15) is 11.1 Å². The minimum Gasteiger partial charge on any atom is -0.497 e. The second-order valence-electron chi connectivity index (χ2n) is 4.37. The van der Waals surface area contributed by atoms with Crippen molar-refractivity contribution in [1.82, 2.24) is 0 Å². The first-order valence-electron chi connectivity index (χ1n) is 6.37. The molecule has 0 atom stereocenters. The van der Waals surface area contributed by atoms with Gasteiger partial charge in [0, 0.05) is 11.8 Å². The molecule has 1 N–H and O–H groups in total. The molecule has 0 aliphatic rings. The van der Waals surface area contributed by atoms with Gasteiger partial charge in [0.1, 0.15) is 34.7 Å². The number of hydrogen-bond donors (Lipinski definition) is 1. The van der Waals surface area contributed by atoms with Crippen LogP contribution in [0.2, 0.25) is 0 Å². The smallest absolute Gasteiger partial charge is 0.186 e. The molecule has 0 fully saturated rings. The zero-order valence-corrected chi connectivity index (χ0v) is 12.3. The highest BCUT2D eigenvalue weighted by atomic mass is 19.1. The summed E-state index contributed by atoms with van der Waals surface area (Å²) < 4.78 is 38.7. The normalized spacial score (nSPS) is 9.65. The standard InChI is InChI=1S/C16H11F2N3O2/c1-22-10-5-3-4-9(6-10)21-15-13(17)11(7-19)12(8-20)14(18)16(15)23-2/h3-6,21H,1-2H3. The molecule has 0 amide bonds. The van der Waals surface area contributed by atoms with E-state index < -0.39 is 28.5 Å². The van der Waals surface area contributed by atoms with Crippen molar-refractivity contribution in [3.05, 3.63) is 47.0 Å². The minimum absolute atomic E-state index is 0.367. The summed E-state index contributed by atoms with van der Waals surface area (Å²) >= 11 is 0. The Morgan fingerprint density at radius 2 is 1.65 bits per heavy atom. The van der Waals surface area contributed by atoms with Crippen molar-refractivity contribution in [2.75, 3.05) is 19.5 Å². The van der Waals surface area contributed by atoms with Gasteiger partial charge in [-0.05, 0) is 12.1 Å². The van der Waals surface area contributed by atoms with Gasteiger partial charge in [-0.3, -0.25) is 0 Å². The van der Waals surface area contributed by atoms with Gasteiger partial charge in [-0.15, -0.1) is 0 Å². The average molecular weight is 315 g/mol. The molecule has 2 rings (SSSR count). The van der Waals surface area contributed by atoms with E-state index in [4.69, 9.17) is 20.0 Å². The van der Waals surface area contributed by atoms with Gasteiger partial charge in [0.15, 0.2) is 17.4 Å². The van der Waals surface area contributed by atoms with Gasteiger partial charge in [0.25, 0.3) is 0 Å². The molecule has 0 heterocycles. The minimum atomic E-state index is -1.10. The zero-order valence-electron chi connectivity index (χ0n) is 12.3. The number of halogens is 2. The van der Waals surface area contributed by atoms with Crippen molar-refractivity contribution in [2.45, 2.75) is 0 Å². The van der Waals surface area contributed by atoms with Gasteiger partial charge in [-0.25, -0.2) is 8.78 Å². The molecule has 2 aromatic rings. The molecule has 0 aromatic heterocycles. The first-order chi connectivity index (χ1) is 11.1. The second kappa shape index (κ2) is 6.63. The van der Waals surface area contributed by atoms with Crippen molar-refractivity contribution >= 4 is 11.4 Å². The fourth-order valence-electron chi connectivity index (χ4n) is 2.03. The highest BCUT2D eigenvalue weighted by molar-refractivity contribution is 5.73. The van der Waals surface area contributed by atoms with E-state index in [1.54, 1.807) is 24.3 Å². The molecule has 2 aromatic carbocycles. The molecule has 7 heteroatoms. The van der Waals surface area contributed by atoms with Gasteiger partial charge < -0.3 is 14.8 Å². The maximum atomic E-state index is 14.5. The number of hydrogen-bond acceptors (Lipinski definition) is 5. The highest BCUT2D eigenvalue weighted by Gasteiger charge is 2.25. The van der Waals surface area contributed by atoms with Crippen LogP contribution in [0.15, 0.2) is 24.3 Å². The SMILES string of the molecule is COc1cccc(Nc2c(F)c(C#N)c(C#N)c(F)c2OC)c1. The van der Waals surface area contributed by atoms with E-state index in [0.717, 1.165) is 7.11 Å². The van der Waals surface area contributed by atoms with Crippen LogP contribution in [0.25, 0.3) is 0 Å². The first kappa shape index (κ1) is 16.1. The lowest BCUT2D eigenvalue weighted by Crippen LogP contribution is -2.06. The molecule has 0 aliphatic carbocycles. The molecule has 0 unspecified atom stereocenters. The number of nitrogens with one attached hydrogen (secondary N) is 1. The maximum Gasteiger partial charge on any atom is 0.186 e. The third-order valence-corrected chi connectivity index (χ3v) is 3.10. The summed E-state index contributed by atoms with van der Waals surface area (Å²) in [5, 5.41) is 20.6. The second-order valence-corrected chi connectivity index (χ2v) is 4.37. The van der Waals surface area contributed by atoms with Gasteiger partial charge in [-0.1, -0.05) is 6.07 Å². The quantitative estimate of drug-likeness (QED) is 0.934. The van der Waals surface area contributed by atoms with Crippen molar-refractivity contribution in [2.24, 2.45) is 0 Å². The average Bonchev–Trinajstić information content (AvgIpc) is 2.57. The molecule has 23 heavy (non-hydrogen) atoms. The Kier molecular flexibility index (Phi) is 4.63. The van der Waals surface area contributed by atoms with E-state index in [-0.39, 0.29) is 5.69 Å². The number of benzene rings is 2. The summed E-state index contributed by atoms with van der Waals surface area (Å²) in [6.07, 6.45) is 0. The Balaban J connectivity index is 2.64. The van der Waals surface area contributed by atoms with Crippen LogP contribution in [0.4, 0.5) is 20.2 Å². The number of anilines is 2.